The Balaban J connectivity index is 2.10. The van der Waals surface area contributed by atoms with Crippen LogP contribution in [0.15, 0.2) is 53.5 Å². The molecule has 0 saturated heterocycles. The molecule has 0 aliphatic heterocycles. The monoisotopic (exact) mass is 255 g/mol. The average molecular weight is 255 g/mol. The molecule has 98 valence electrons. The Bertz CT molecular complexity index is 547. The van der Waals surface area contributed by atoms with Gasteiger partial charge in [0.25, 0.3) is 0 Å². The van der Waals surface area contributed by atoms with Crippen molar-refractivity contribution in [1.82, 2.24) is 0 Å². The third-order valence-electron chi connectivity index (χ3n) is 2.61. The summed E-state index contributed by atoms with van der Waals surface area (Å²) in [6.07, 6.45) is 1.82. The van der Waals surface area contributed by atoms with E-state index in [0.29, 0.717) is 6.61 Å². The minimum absolute atomic E-state index is 0.658. The summed E-state index contributed by atoms with van der Waals surface area (Å²) in [5.41, 5.74) is 1.91. The van der Waals surface area contributed by atoms with Crippen molar-refractivity contribution in [2.75, 3.05) is 13.7 Å². The lowest BCUT2D eigenvalue weighted by atomic mass is 10.2. The normalized spacial score (nSPS) is 10.6. The summed E-state index contributed by atoms with van der Waals surface area (Å²) in [7, 11) is 1.66. The van der Waals surface area contributed by atoms with Crippen LogP contribution >= 0.6 is 0 Å². The van der Waals surface area contributed by atoms with Crippen LogP contribution in [0.1, 0.15) is 12.5 Å². The summed E-state index contributed by atoms with van der Waals surface area (Å²) < 4.78 is 10.6. The first kappa shape index (κ1) is 13.1. The summed E-state index contributed by atoms with van der Waals surface area (Å²) in [6.45, 7) is 2.62. The molecule has 3 nitrogen and oxygen atoms in total. The number of ether oxygens (including phenoxy) is 2. The maximum atomic E-state index is 5.44. The van der Waals surface area contributed by atoms with Gasteiger partial charge in [0.2, 0.25) is 0 Å². The Kier molecular flexibility index (Phi) is 4.56. The molecule has 2 aromatic rings. The van der Waals surface area contributed by atoms with Crippen LogP contribution in [0.3, 0.4) is 0 Å². The molecule has 0 heterocycles. The molecule has 2 rings (SSSR count). The van der Waals surface area contributed by atoms with E-state index in [1.165, 1.54) is 0 Å². The Morgan fingerprint density at radius 1 is 1.05 bits per heavy atom. The Labute approximate surface area is 113 Å². The van der Waals surface area contributed by atoms with E-state index in [2.05, 4.69) is 4.99 Å². The minimum atomic E-state index is 0.658. The van der Waals surface area contributed by atoms with Gasteiger partial charge in [-0.25, -0.2) is 0 Å². The van der Waals surface area contributed by atoms with Crippen LogP contribution in [0.4, 0.5) is 5.69 Å². The molecule has 0 N–H and O–H groups in total. The number of aliphatic imine (C=N–C) groups is 1. The largest absolute Gasteiger partial charge is 0.497 e. The molecule has 2 aromatic carbocycles. The molecule has 0 radical (unpaired) electrons. The highest BCUT2D eigenvalue weighted by Gasteiger charge is 1.94. The van der Waals surface area contributed by atoms with Crippen molar-refractivity contribution in [1.29, 1.82) is 0 Å². The van der Waals surface area contributed by atoms with Gasteiger partial charge in [-0.2, -0.15) is 0 Å². The second-order valence-corrected chi connectivity index (χ2v) is 3.96. The summed E-state index contributed by atoms with van der Waals surface area (Å²) in [4.78, 5) is 4.43. The lowest BCUT2D eigenvalue weighted by Gasteiger charge is -2.03. The van der Waals surface area contributed by atoms with Gasteiger partial charge in [0.15, 0.2) is 0 Å². The minimum Gasteiger partial charge on any atom is -0.497 e. The molecule has 0 saturated carbocycles. The van der Waals surface area contributed by atoms with Crippen molar-refractivity contribution in [3.8, 4) is 11.5 Å². The van der Waals surface area contributed by atoms with Crippen LogP contribution < -0.4 is 9.47 Å². The van der Waals surface area contributed by atoms with E-state index in [1.807, 2.05) is 61.7 Å². The zero-order chi connectivity index (χ0) is 13.5. The highest BCUT2D eigenvalue weighted by Crippen LogP contribution is 2.20. The van der Waals surface area contributed by atoms with Gasteiger partial charge in [0, 0.05) is 12.3 Å². The number of hydrogen-bond donors (Lipinski definition) is 0. The van der Waals surface area contributed by atoms with Gasteiger partial charge in [0.05, 0.1) is 19.4 Å². The van der Waals surface area contributed by atoms with E-state index in [4.69, 9.17) is 9.47 Å². The predicted molar refractivity (Wildman–Crippen MR) is 77.9 cm³/mol. The number of benzene rings is 2. The number of hydrogen-bond acceptors (Lipinski definition) is 3. The molecule has 3 heteroatoms. The average Bonchev–Trinajstić information content (AvgIpc) is 2.46. The van der Waals surface area contributed by atoms with Gasteiger partial charge in [-0.1, -0.05) is 6.07 Å². The first-order valence-electron chi connectivity index (χ1n) is 6.23. The fourth-order valence-electron chi connectivity index (χ4n) is 1.66. The van der Waals surface area contributed by atoms with Gasteiger partial charge in [-0.15, -0.1) is 0 Å². The van der Waals surface area contributed by atoms with E-state index >= 15 is 0 Å². The summed E-state index contributed by atoms with van der Waals surface area (Å²) in [5.74, 6) is 1.68. The molecule has 0 spiro atoms. The van der Waals surface area contributed by atoms with Gasteiger partial charge >= 0.3 is 0 Å². The van der Waals surface area contributed by atoms with Crippen molar-refractivity contribution in [2.24, 2.45) is 4.99 Å². The number of methoxy groups -OCH3 is 1. The molecule has 0 unspecified atom stereocenters. The van der Waals surface area contributed by atoms with E-state index in [0.717, 1.165) is 22.7 Å². The fraction of sp³-hybridized carbons (Fsp3) is 0.188. The predicted octanol–water partition coefficient (Wildman–Crippen LogP) is 3.84. The van der Waals surface area contributed by atoms with Gasteiger partial charge < -0.3 is 9.47 Å². The van der Waals surface area contributed by atoms with Crippen LogP contribution in [0.5, 0.6) is 11.5 Å². The zero-order valence-electron chi connectivity index (χ0n) is 11.2. The molecule has 0 bridgehead atoms. The second-order valence-electron chi connectivity index (χ2n) is 3.96. The quantitative estimate of drug-likeness (QED) is 0.760. The molecule has 19 heavy (non-hydrogen) atoms. The molecule has 0 atom stereocenters. The van der Waals surface area contributed by atoms with Crippen LogP contribution in [0, 0.1) is 0 Å². The van der Waals surface area contributed by atoms with Gasteiger partial charge in [-0.05, 0) is 48.9 Å². The van der Waals surface area contributed by atoms with Crippen molar-refractivity contribution in [2.45, 2.75) is 6.92 Å². The van der Waals surface area contributed by atoms with E-state index in [9.17, 15) is 0 Å². The van der Waals surface area contributed by atoms with Gasteiger partial charge in [-0.3, -0.25) is 4.99 Å². The standard InChI is InChI=1S/C16H17NO2/c1-3-19-16-6-4-5-14(11-16)17-12-13-7-9-15(18-2)10-8-13/h4-12H,3H2,1-2H3. The summed E-state index contributed by atoms with van der Waals surface area (Å²) >= 11 is 0. The lowest BCUT2D eigenvalue weighted by Crippen LogP contribution is -1.90. The van der Waals surface area contributed by atoms with Crippen LogP contribution in [0.2, 0.25) is 0 Å². The molecular formula is C16H17NO2. The topological polar surface area (TPSA) is 30.8 Å². The first-order valence-corrected chi connectivity index (χ1v) is 6.23. The van der Waals surface area contributed by atoms with Crippen molar-refractivity contribution in [3.63, 3.8) is 0 Å². The number of nitrogens with zero attached hydrogens (tertiary/aromatic N) is 1. The van der Waals surface area contributed by atoms with Crippen LogP contribution in [-0.4, -0.2) is 19.9 Å². The summed E-state index contributed by atoms with van der Waals surface area (Å²) in [5, 5.41) is 0. The smallest absolute Gasteiger partial charge is 0.121 e. The lowest BCUT2D eigenvalue weighted by molar-refractivity contribution is 0.340. The SMILES string of the molecule is CCOc1cccc(N=Cc2ccc(OC)cc2)c1. The van der Waals surface area contributed by atoms with Crippen LogP contribution in [0.25, 0.3) is 0 Å². The maximum absolute atomic E-state index is 5.44. The highest BCUT2D eigenvalue weighted by atomic mass is 16.5. The van der Waals surface area contributed by atoms with Crippen molar-refractivity contribution >= 4 is 11.9 Å². The first-order chi connectivity index (χ1) is 9.31. The van der Waals surface area contributed by atoms with E-state index in [-0.39, 0.29) is 0 Å². The molecular weight excluding hydrogens is 238 g/mol. The Hall–Kier alpha value is -2.29. The highest BCUT2D eigenvalue weighted by molar-refractivity contribution is 5.82. The van der Waals surface area contributed by atoms with Crippen LogP contribution in [-0.2, 0) is 0 Å². The van der Waals surface area contributed by atoms with Crippen molar-refractivity contribution in [3.05, 3.63) is 54.1 Å². The fourth-order valence-corrected chi connectivity index (χ4v) is 1.66. The third kappa shape index (κ3) is 3.85. The zero-order valence-corrected chi connectivity index (χ0v) is 11.2. The van der Waals surface area contributed by atoms with E-state index in [1.54, 1.807) is 7.11 Å². The Morgan fingerprint density at radius 3 is 2.53 bits per heavy atom. The Morgan fingerprint density at radius 2 is 1.84 bits per heavy atom. The van der Waals surface area contributed by atoms with Gasteiger partial charge in [0.1, 0.15) is 11.5 Å². The summed E-state index contributed by atoms with van der Waals surface area (Å²) in [6, 6.07) is 15.5. The number of rotatable bonds is 5. The molecule has 0 aromatic heterocycles. The third-order valence-corrected chi connectivity index (χ3v) is 2.61. The van der Waals surface area contributed by atoms with E-state index < -0.39 is 0 Å². The molecule has 0 amide bonds. The second kappa shape index (κ2) is 6.59. The van der Waals surface area contributed by atoms with Crippen molar-refractivity contribution < 1.29 is 9.47 Å². The molecule has 0 aliphatic rings. The maximum Gasteiger partial charge on any atom is 0.121 e. The molecule has 0 aliphatic carbocycles. The molecule has 0 fully saturated rings.